The smallest absolute Gasteiger partial charge is 0.314 e. The van der Waals surface area contributed by atoms with Crippen molar-refractivity contribution in [3.63, 3.8) is 0 Å². The first-order valence-corrected chi connectivity index (χ1v) is 10.8. The van der Waals surface area contributed by atoms with Crippen molar-refractivity contribution in [2.45, 2.75) is 39.2 Å². The molecule has 30 heavy (non-hydrogen) atoms. The Morgan fingerprint density at radius 2 is 2.00 bits per heavy atom. The van der Waals surface area contributed by atoms with Gasteiger partial charge in [0.05, 0.1) is 17.8 Å². The van der Waals surface area contributed by atoms with Crippen LogP contribution in [-0.2, 0) is 26.9 Å². The van der Waals surface area contributed by atoms with Gasteiger partial charge in [0.15, 0.2) is 11.2 Å². The highest BCUT2D eigenvalue weighted by Crippen LogP contribution is 2.36. The van der Waals surface area contributed by atoms with Crippen LogP contribution in [0.3, 0.4) is 0 Å². The molecule has 4 aromatic heterocycles. The fourth-order valence-electron chi connectivity index (χ4n) is 4.35. The van der Waals surface area contributed by atoms with Crippen LogP contribution in [0.5, 0.6) is 0 Å². The molecule has 0 radical (unpaired) electrons. The van der Waals surface area contributed by atoms with Crippen LogP contribution in [0.15, 0.2) is 20.7 Å². The molecule has 0 fully saturated rings. The summed E-state index contributed by atoms with van der Waals surface area (Å²) in [6.45, 7) is 4.09. The van der Waals surface area contributed by atoms with Gasteiger partial charge in [-0.15, -0.1) is 11.3 Å². The quantitative estimate of drug-likeness (QED) is 0.522. The predicted molar refractivity (Wildman–Crippen MR) is 115 cm³/mol. The molecule has 4 heterocycles. The molecule has 1 N–H and O–H groups in total. The third-order valence-corrected chi connectivity index (χ3v) is 7.32. The molecule has 2 atom stereocenters. The maximum Gasteiger partial charge on any atom is 0.332 e. The molecule has 156 valence electrons. The van der Waals surface area contributed by atoms with Crippen LogP contribution >= 0.6 is 11.3 Å². The molecule has 0 spiro atoms. The minimum Gasteiger partial charge on any atom is -0.314 e. The number of nitrogens with zero attached hydrogens (tertiary/aromatic N) is 5. The molecule has 5 rings (SSSR count). The van der Waals surface area contributed by atoms with E-state index in [4.69, 9.17) is 4.98 Å². The van der Waals surface area contributed by atoms with Crippen molar-refractivity contribution in [1.29, 1.82) is 0 Å². The van der Waals surface area contributed by atoms with Crippen LogP contribution in [0, 0.1) is 5.92 Å². The van der Waals surface area contributed by atoms with Gasteiger partial charge in [0.1, 0.15) is 10.7 Å². The molecule has 4 aromatic rings. The van der Waals surface area contributed by atoms with E-state index in [2.05, 4.69) is 16.9 Å². The van der Waals surface area contributed by atoms with E-state index in [1.54, 1.807) is 23.0 Å². The molecule has 0 saturated heterocycles. The normalized spacial score (nSPS) is 17.5. The van der Waals surface area contributed by atoms with E-state index in [9.17, 15) is 14.4 Å². The summed E-state index contributed by atoms with van der Waals surface area (Å²) >= 11 is 1.59. The Bertz CT molecular complexity index is 1500. The zero-order valence-corrected chi connectivity index (χ0v) is 18.0. The van der Waals surface area contributed by atoms with Gasteiger partial charge in [-0.05, 0) is 37.7 Å². The molecule has 10 heteroatoms. The molecule has 2 unspecified atom stereocenters. The number of fused-ring (bicyclic) bond motifs is 4. The molecular weight excluding hydrogens is 404 g/mol. The second kappa shape index (κ2) is 6.49. The second-order valence-corrected chi connectivity index (χ2v) is 9.27. The van der Waals surface area contributed by atoms with E-state index < -0.39 is 17.3 Å². The van der Waals surface area contributed by atoms with E-state index in [0.29, 0.717) is 28.3 Å². The van der Waals surface area contributed by atoms with Crippen molar-refractivity contribution in [2.75, 3.05) is 0 Å². The Morgan fingerprint density at radius 1 is 1.23 bits per heavy atom. The molecular formula is C20H22N6O3S. The number of rotatable bonds is 2. The lowest BCUT2D eigenvalue weighted by molar-refractivity contribution is 0.509. The molecule has 0 bridgehead atoms. The van der Waals surface area contributed by atoms with Crippen LogP contribution < -0.4 is 16.8 Å². The van der Waals surface area contributed by atoms with Gasteiger partial charge in [-0.2, -0.15) is 0 Å². The zero-order valence-electron chi connectivity index (χ0n) is 17.2. The Morgan fingerprint density at radius 3 is 2.77 bits per heavy atom. The molecule has 0 aromatic carbocycles. The molecule has 0 saturated carbocycles. The van der Waals surface area contributed by atoms with Crippen LogP contribution in [0.4, 0.5) is 0 Å². The topological polar surface area (TPSA) is 108 Å². The summed E-state index contributed by atoms with van der Waals surface area (Å²) in [4.78, 5) is 51.8. The Balaban J connectivity index is 1.69. The number of H-pyrrole nitrogens is 1. The number of nitrogens with one attached hydrogen (secondary N) is 1. The van der Waals surface area contributed by atoms with Crippen molar-refractivity contribution in [1.82, 2.24) is 28.7 Å². The standard InChI is InChI=1S/C20H22N6O3S/c1-9-5-6-11-12(7-9)30-18-13(11)17(27)22-15(23-18)10(2)26-8-21-16-14(26)19(28)25(4)20(29)24(16)3/h8-10H,5-7H2,1-4H3,(H,22,23,27). The number of imidazole rings is 1. The van der Waals surface area contributed by atoms with Crippen molar-refractivity contribution in [3.8, 4) is 0 Å². The minimum atomic E-state index is -0.435. The zero-order chi connectivity index (χ0) is 21.3. The van der Waals surface area contributed by atoms with Gasteiger partial charge in [-0.3, -0.25) is 18.7 Å². The third kappa shape index (κ3) is 2.56. The summed E-state index contributed by atoms with van der Waals surface area (Å²) in [6.07, 6.45) is 4.49. The molecule has 9 nitrogen and oxygen atoms in total. The number of aromatic nitrogens is 6. The van der Waals surface area contributed by atoms with Crippen LogP contribution in [0.25, 0.3) is 21.4 Å². The predicted octanol–water partition coefficient (Wildman–Crippen LogP) is 1.47. The highest BCUT2D eigenvalue weighted by atomic mass is 32.1. The third-order valence-electron chi connectivity index (χ3n) is 6.17. The number of hydrogen-bond acceptors (Lipinski definition) is 6. The lowest BCUT2D eigenvalue weighted by Gasteiger charge is -2.17. The van der Waals surface area contributed by atoms with Gasteiger partial charge in [-0.25, -0.2) is 14.8 Å². The Labute approximate surface area is 174 Å². The Kier molecular flexibility index (Phi) is 4.11. The van der Waals surface area contributed by atoms with E-state index in [-0.39, 0.29) is 5.56 Å². The van der Waals surface area contributed by atoms with Gasteiger partial charge in [0.25, 0.3) is 11.1 Å². The van der Waals surface area contributed by atoms with Crippen molar-refractivity contribution >= 4 is 32.7 Å². The maximum atomic E-state index is 12.9. The summed E-state index contributed by atoms with van der Waals surface area (Å²) in [5, 5.41) is 0.701. The molecule has 1 aliphatic carbocycles. The van der Waals surface area contributed by atoms with Gasteiger partial charge in [0, 0.05) is 19.0 Å². The van der Waals surface area contributed by atoms with E-state index in [1.165, 1.54) is 22.8 Å². The van der Waals surface area contributed by atoms with Gasteiger partial charge in [0.2, 0.25) is 0 Å². The highest BCUT2D eigenvalue weighted by molar-refractivity contribution is 7.18. The van der Waals surface area contributed by atoms with Crippen LogP contribution in [0.2, 0.25) is 0 Å². The minimum absolute atomic E-state index is 0.140. The summed E-state index contributed by atoms with van der Waals surface area (Å²) in [5.41, 5.74) is 0.739. The summed E-state index contributed by atoms with van der Waals surface area (Å²) in [7, 11) is 3.02. The van der Waals surface area contributed by atoms with Crippen molar-refractivity contribution in [3.05, 3.63) is 53.8 Å². The summed E-state index contributed by atoms with van der Waals surface area (Å²) in [6, 6.07) is -0.435. The van der Waals surface area contributed by atoms with Crippen molar-refractivity contribution < 1.29 is 0 Å². The first kappa shape index (κ1) is 19.0. The first-order chi connectivity index (χ1) is 14.3. The fraction of sp³-hybridized carbons (Fsp3) is 0.450. The number of aromatic amines is 1. The van der Waals surface area contributed by atoms with E-state index >= 15 is 0 Å². The van der Waals surface area contributed by atoms with E-state index in [1.807, 2.05) is 6.92 Å². The fourth-order valence-corrected chi connectivity index (χ4v) is 5.74. The average molecular weight is 427 g/mol. The van der Waals surface area contributed by atoms with Gasteiger partial charge >= 0.3 is 5.69 Å². The lowest BCUT2D eigenvalue weighted by Crippen LogP contribution is -2.37. The van der Waals surface area contributed by atoms with E-state index in [0.717, 1.165) is 34.2 Å². The number of thiophene rings is 1. The summed E-state index contributed by atoms with van der Waals surface area (Å²) < 4.78 is 4.06. The van der Waals surface area contributed by atoms with Crippen LogP contribution in [0.1, 0.15) is 42.6 Å². The monoisotopic (exact) mass is 426 g/mol. The Hall–Kier alpha value is -3.01. The largest absolute Gasteiger partial charge is 0.332 e. The number of hydrogen-bond donors (Lipinski definition) is 1. The summed E-state index contributed by atoms with van der Waals surface area (Å²) in [5.74, 6) is 1.08. The molecule has 1 aliphatic rings. The second-order valence-electron chi connectivity index (χ2n) is 8.19. The lowest BCUT2D eigenvalue weighted by atomic mass is 9.89. The maximum absolute atomic E-state index is 12.9. The van der Waals surface area contributed by atoms with Gasteiger partial charge < -0.3 is 9.55 Å². The molecule has 0 aliphatic heterocycles. The molecule has 0 amide bonds. The van der Waals surface area contributed by atoms with Crippen LogP contribution in [-0.4, -0.2) is 28.7 Å². The average Bonchev–Trinajstić information content (AvgIpc) is 3.31. The first-order valence-electron chi connectivity index (χ1n) is 9.95. The van der Waals surface area contributed by atoms with Crippen molar-refractivity contribution in [2.24, 2.45) is 20.0 Å². The SMILES string of the molecule is CC1CCc2c(sc3nc(C(C)n4cnc5c4c(=O)n(C)c(=O)n5C)[nH]c(=O)c23)C1. The highest BCUT2D eigenvalue weighted by Gasteiger charge is 2.25. The number of aryl methyl sites for hydroxylation is 2. The van der Waals surface area contributed by atoms with Gasteiger partial charge in [-0.1, -0.05) is 6.92 Å².